The summed E-state index contributed by atoms with van der Waals surface area (Å²) in [6.45, 7) is 6.83. The zero-order chi connectivity index (χ0) is 23.4. The fourth-order valence-electron chi connectivity index (χ4n) is 2.51. The molecule has 30 heavy (non-hydrogen) atoms. The summed E-state index contributed by atoms with van der Waals surface area (Å²) < 4.78 is 0. The Bertz CT molecular complexity index is 626. The summed E-state index contributed by atoms with van der Waals surface area (Å²) in [4.78, 5) is 58.6. The van der Waals surface area contributed by atoms with Crippen LogP contribution in [0.25, 0.3) is 0 Å². The standard InChI is InChI=1S/C19H34N4O7/c1-5-10(3)15(20)17(27)23-16(11(4)6-2)18(28)21-9-13(24)22-12(19(29)30)7-8-14(25)26/h10-12,15-16H,5-9,20H2,1-4H3,(H,21,28)(H,22,24)(H,23,27)(H,25,26)(H,29,30). The first-order chi connectivity index (χ1) is 13.9. The number of rotatable bonds is 14. The molecule has 11 heteroatoms. The number of hydrogen-bond donors (Lipinski definition) is 6. The fourth-order valence-corrected chi connectivity index (χ4v) is 2.51. The number of hydrogen-bond acceptors (Lipinski definition) is 6. The second kappa shape index (κ2) is 13.5. The highest BCUT2D eigenvalue weighted by Gasteiger charge is 2.30. The van der Waals surface area contributed by atoms with Gasteiger partial charge in [-0.25, -0.2) is 4.79 Å². The van der Waals surface area contributed by atoms with Crippen molar-refractivity contribution < 1.29 is 34.2 Å². The maximum atomic E-state index is 12.5. The lowest BCUT2D eigenvalue weighted by atomic mass is 9.95. The van der Waals surface area contributed by atoms with Crippen molar-refractivity contribution in [3.8, 4) is 0 Å². The van der Waals surface area contributed by atoms with Gasteiger partial charge in [-0.15, -0.1) is 0 Å². The van der Waals surface area contributed by atoms with Gasteiger partial charge in [-0.2, -0.15) is 0 Å². The van der Waals surface area contributed by atoms with Gasteiger partial charge in [-0.3, -0.25) is 19.2 Å². The smallest absolute Gasteiger partial charge is 0.326 e. The van der Waals surface area contributed by atoms with Gasteiger partial charge in [-0.1, -0.05) is 40.5 Å². The molecule has 3 amide bonds. The largest absolute Gasteiger partial charge is 0.481 e. The summed E-state index contributed by atoms with van der Waals surface area (Å²) in [6, 6.07) is -3.07. The molecule has 0 saturated carbocycles. The predicted molar refractivity (Wildman–Crippen MR) is 108 cm³/mol. The third-order valence-corrected chi connectivity index (χ3v) is 5.06. The molecule has 0 aliphatic rings. The Hall–Kier alpha value is -2.69. The molecule has 0 heterocycles. The van der Waals surface area contributed by atoms with Gasteiger partial charge in [-0.05, 0) is 18.3 Å². The van der Waals surface area contributed by atoms with Gasteiger partial charge in [0.15, 0.2) is 0 Å². The lowest BCUT2D eigenvalue weighted by molar-refractivity contribution is -0.143. The summed E-state index contributed by atoms with van der Waals surface area (Å²) >= 11 is 0. The molecule has 11 nitrogen and oxygen atoms in total. The molecule has 172 valence electrons. The number of carbonyl (C=O) groups is 5. The van der Waals surface area contributed by atoms with E-state index in [-0.39, 0.29) is 18.3 Å². The van der Waals surface area contributed by atoms with Crippen LogP contribution >= 0.6 is 0 Å². The summed E-state index contributed by atoms with van der Waals surface area (Å²) in [6.07, 6.45) is 0.562. The second-order valence-corrected chi connectivity index (χ2v) is 7.39. The molecular formula is C19H34N4O7. The van der Waals surface area contributed by atoms with Crippen molar-refractivity contribution in [3.63, 3.8) is 0 Å². The van der Waals surface area contributed by atoms with Crippen LogP contribution in [0.1, 0.15) is 53.4 Å². The van der Waals surface area contributed by atoms with Crippen molar-refractivity contribution in [2.24, 2.45) is 17.6 Å². The highest BCUT2D eigenvalue weighted by Crippen LogP contribution is 2.10. The quantitative estimate of drug-likeness (QED) is 0.211. The Balaban J connectivity index is 4.92. The van der Waals surface area contributed by atoms with E-state index < -0.39 is 60.8 Å². The van der Waals surface area contributed by atoms with Crippen molar-refractivity contribution in [3.05, 3.63) is 0 Å². The third-order valence-electron chi connectivity index (χ3n) is 5.06. The molecule has 0 aliphatic carbocycles. The molecule has 0 fully saturated rings. The first-order valence-electron chi connectivity index (χ1n) is 10.0. The number of carboxylic acids is 2. The van der Waals surface area contributed by atoms with Gasteiger partial charge in [0, 0.05) is 6.42 Å². The topological polar surface area (TPSA) is 188 Å². The summed E-state index contributed by atoms with van der Waals surface area (Å²) in [5, 5.41) is 24.9. The Morgan fingerprint density at radius 1 is 0.900 bits per heavy atom. The van der Waals surface area contributed by atoms with Crippen LogP contribution < -0.4 is 21.7 Å². The van der Waals surface area contributed by atoms with Crippen LogP contribution in [0.3, 0.4) is 0 Å². The van der Waals surface area contributed by atoms with Gasteiger partial charge in [0.25, 0.3) is 0 Å². The van der Waals surface area contributed by atoms with Gasteiger partial charge in [0.05, 0.1) is 12.6 Å². The number of amides is 3. The van der Waals surface area contributed by atoms with E-state index in [2.05, 4.69) is 16.0 Å². The van der Waals surface area contributed by atoms with Crippen LogP contribution in [-0.4, -0.2) is 64.5 Å². The lowest BCUT2D eigenvalue weighted by Crippen LogP contribution is -2.56. The summed E-state index contributed by atoms with van der Waals surface area (Å²) in [5.74, 6) is -4.72. The van der Waals surface area contributed by atoms with Gasteiger partial charge < -0.3 is 31.9 Å². The minimum Gasteiger partial charge on any atom is -0.481 e. The average Bonchev–Trinajstić information content (AvgIpc) is 2.70. The van der Waals surface area contributed by atoms with Crippen molar-refractivity contribution >= 4 is 29.7 Å². The summed E-state index contributed by atoms with van der Waals surface area (Å²) in [5.41, 5.74) is 5.91. The number of nitrogens with one attached hydrogen (secondary N) is 3. The molecule has 0 bridgehead atoms. The molecule has 5 unspecified atom stereocenters. The Labute approximate surface area is 176 Å². The van der Waals surface area contributed by atoms with E-state index in [1.54, 1.807) is 6.92 Å². The molecule has 0 aromatic heterocycles. The maximum absolute atomic E-state index is 12.5. The van der Waals surface area contributed by atoms with Crippen molar-refractivity contribution in [1.82, 2.24) is 16.0 Å². The third kappa shape index (κ3) is 9.68. The van der Waals surface area contributed by atoms with E-state index in [0.717, 1.165) is 0 Å². The monoisotopic (exact) mass is 430 g/mol. The number of nitrogens with two attached hydrogens (primary N) is 1. The minimum atomic E-state index is -1.39. The first kappa shape index (κ1) is 27.3. The van der Waals surface area contributed by atoms with Crippen LogP contribution in [0.15, 0.2) is 0 Å². The Morgan fingerprint density at radius 2 is 1.47 bits per heavy atom. The molecule has 0 radical (unpaired) electrons. The van der Waals surface area contributed by atoms with E-state index >= 15 is 0 Å². The molecule has 0 aliphatic heterocycles. The van der Waals surface area contributed by atoms with E-state index in [1.165, 1.54) is 0 Å². The first-order valence-corrected chi connectivity index (χ1v) is 10.0. The van der Waals surface area contributed by atoms with Crippen molar-refractivity contribution in [2.45, 2.75) is 71.5 Å². The highest BCUT2D eigenvalue weighted by atomic mass is 16.4. The summed E-state index contributed by atoms with van der Waals surface area (Å²) in [7, 11) is 0. The van der Waals surface area contributed by atoms with Crippen molar-refractivity contribution in [1.29, 1.82) is 0 Å². The van der Waals surface area contributed by atoms with E-state index in [4.69, 9.17) is 15.9 Å². The second-order valence-electron chi connectivity index (χ2n) is 7.39. The normalized spacial score (nSPS) is 15.8. The van der Waals surface area contributed by atoms with E-state index in [1.807, 2.05) is 20.8 Å². The van der Waals surface area contributed by atoms with Gasteiger partial charge in [0.2, 0.25) is 17.7 Å². The number of carbonyl (C=O) groups excluding carboxylic acids is 3. The zero-order valence-electron chi connectivity index (χ0n) is 17.9. The Morgan fingerprint density at radius 3 is 1.93 bits per heavy atom. The maximum Gasteiger partial charge on any atom is 0.326 e. The van der Waals surface area contributed by atoms with Crippen LogP contribution in [0, 0.1) is 11.8 Å². The molecule has 0 aromatic rings. The number of carboxylic acid groups (broad SMARTS) is 2. The minimum absolute atomic E-state index is 0.0739. The zero-order valence-corrected chi connectivity index (χ0v) is 17.9. The average molecular weight is 431 g/mol. The van der Waals surface area contributed by atoms with Crippen LogP contribution in [0.4, 0.5) is 0 Å². The fraction of sp³-hybridized carbons (Fsp3) is 0.737. The van der Waals surface area contributed by atoms with E-state index in [0.29, 0.717) is 12.8 Å². The van der Waals surface area contributed by atoms with Gasteiger partial charge in [0.1, 0.15) is 12.1 Å². The Kier molecular flexibility index (Phi) is 12.3. The lowest BCUT2D eigenvalue weighted by Gasteiger charge is -2.26. The number of aliphatic carboxylic acids is 2. The highest BCUT2D eigenvalue weighted by molar-refractivity contribution is 5.92. The molecule has 0 aromatic carbocycles. The predicted octanol–water partition coefficient (Wildman–Crippen LogP) is -0.559. The van der Waals surface area contributed by atoms with Crippen molar-refractivity contribution in [2.75, 3.05) is 6.54 Å². The SMILES string of the molecule is CCC(C)C(N)C(=O)NC(C(=O)NCC(=O)NC(CCC(=O)O)C(=O)O)C(C)CC. The molecule has 0 rings (SSSR count). The van der Waals surface area contributed by atoms with Gasteiger partial charge >= 0.3 is 11.9 Å². The van der Waals surface area contributed by atoms with E-state index in [9.17, 15) is 24.0 Å². The molecule has 5 atom stereocenters. The van der Waals surface area contributed by atoms with Crippen LogP contribution in [0.5, 0.6) is 0 Å². The molecule has 7 N–H and O–H groups in total. The van der Waals surface area contributed by atoms with Crippen LogP contribution in [0.2, 0.25) is 0 Å². The molecule has 0 saturated heterocycles. The molecular weight excluding hydrogens is 396 g/mol. The van der Waals surface area contributed by atoms with Crippen LogP contribution in [-0.2, 0) is 24.0 Å². The molecule has 0 spiro atoms.